The molecule has 0 aliphatic carbocycles. The quantitative estimate of drug-likeness (QED) is 0.786. The summed E-state index contributed by atoms with van der Waals surface area (Å²) < 4.78 is 39.9. The third kappa shape index (κ3) is 2.49. The highest BCUT2D eigenvalue weighted by Gasteiger charge is 2.35. The van der Waals surface area contributed by atoms with Crippen LogP contribution in [0.2, 0.25) is 0 Å². The summed E-state index contributed by atoms with van der Waals surface area (Å²) in [5, 5.41) is 3.94. The van der Waals surface area contributed by atoms with Gasteiger partial charge in [0.1, 0.15) is 0 Å². The fourth-order valence-electron chi connectivity index (χ4n) is 1.79. The first-order valence-electron chi connectivity index (χ1n) is 5.37. The van der Waals surface area contributed by atoms with E-state index in [1.165, 1.54) is 10.9 Å². The predicted octanol–water partition coefficient (Wildman–Crippen LogP) is 2.37. The molecule has 0 aliphatic heterocycles. The molecule has 0 atom stereocenters. The van der Waals surface area contributed by atoms with Crippen LogP contribution in [0.1, 0.15) is 27.2 Å². The van der Waals surface area contributed by atoms with Gasteiger partial charge in [0.05, 0.1) is 22.4 Å². The van der Waals surface area contributed by atoms with Gasteiger partial charge in [0.2, 0.25) is 0 Å². The summed E-state index contributed by atoms with van der Waals surface area (Å²) in [5.41, 5.74) is -0.938. The van der Waals surface area contributed by atoms with Gasteiger partial charge < -0.3 is 0 Å². The maximum Gasteiger partial charge on any atom is 0.417 e. The molecule has 0 saturated heterocycles. The van der Waals surface area contributed by atoms with Crippen molar-refractivity contribution in [3.05, 3.63) is 47.0 Å². The maximum atomic E-state index is 12.8. The molecule has 100 valence electrons. The van der Waals surface area contributed by atoms with Gasteiger partial charge in [0, 0.05) is 25.6 Å². The fraction of sp³-hybridized carbons (Fsp3) is 0.250. The van der Waals surface area contributed by atoms with Gasteiger partial charge in [0.25, 0.3) is 0 Å². The molecule has 0 aliphatic rings. The van der Waals surface area contributed by atoms with Gasteiger partial charge in [-0.25, -0.2) is 0 Å². The van der Waals surface area contributed by atoms with E-state index in [2.05, 4.69) is 10.1 Å². The zero-order valence-corrected chi connectivity index (χ0v) is 10.2. The molecule has 0 unspecified atom stereocenters. The van der Waals surface area contributed by atoms with Crippen LogP contribution in [0.5, 0.6) is 0 Å². The number of ketones is 1. The van der Waals surface area contributed by atoms with Crippen LogP contribution in [0.4, 0.5) is 13.2 Å². The van der Waals surface area contributed by atoms with Crippen LogP contribution in [0.15, 0.2) is 24.7 Å². The highest BCUT2D eigenvalue weighted by molar-refractivity contribution is 6.10. The Morgan fingerprint density at radius 2 is 2.00 bits per heavy atom. The molecule has 0 fully saturated rings. The van der Waals surface area contributed by atoms with E-state index in [-0.39, 0.29) is 5.56 Å². The molecule has 19 heavy (non-hydrogen) atoms. The minimum atomic E-state index is -4.59. The first kappa shape index (κ1) is 13.3. The molecule has 7 heteroatoms. The van der Waals surface area contributed by atoms with Crippen molar-refractivity contribution in [2.45, 2.75) is 13.1 Å². The van der Waals surface area contributed by atoms with Crippen LogP contribution in [-0.2, 0) is 13.2 Å². The molecule has 0 bridgehead atoms. The summed E-state index contributed by atoms with van der Waals surface area (Å²) >= 11 is 0. The van der Waals surface area contributed by atoms with E-state index >= 15 is 0 Å². The second-order valence-corrected chi connectivity index (χ2v) is 4.05. The number of nitrogens with zero attached hydrogens (tertiary/aromatic N) is 3. The van der Waals surface area contributed by atoms with Crippen molar-refractivity contribution in [1.29, 1.82) is 0 Å². The minimum Gasteiger partial charge on any atom is -0.288 e. The Balaban J connectivity index is 2.54. The van der Waals surface area contributed by atoms with Crippen LogP contribution < -0.4 is 0 Å². The Bertz CT molecular complexity index is 631. The van der Waals surface area contributed by atoms with E-state index in [1.54, 1.807) is 14.0 Å². The maximum absolute atomic E-state index is 12.8. The Kier molecular flexibility index (Phi) is 3.13. The molecular weight excluding hydrogens is 259 g/mol. The summed E-state index contributed by atoms with van der Waals surface area (Å²) in [5.74, 6) is -0.731. The highest BCUT2D eigenvalue weighted by Crippen LogP contribution is 2.32. The fourth-order valence-corrected chi connectivity index (χ4v) is 1.79. The van der Waals surface area contributed by atoms with Gasteiger partial charge in [-0.2, -0.15) is 18.3 Å². The third-order valence-electron chi connectivity index (χ3n) is 2.63. The van der Waals surface area contributed by atoms with E-state index in [4.69, 9.17) is 0 Å². The molecule has 2 aromatic rings. The number of alkyl halides is 3. The molecule has 0 amide bonds. The van der Waals surface area contributed by atoms with E-state index in [0.29, 0.717) is 5.69 Å². The predicted molar refractivity (Wildman–Crippen MR) is 60.6 cm³/mol. The lowest BCUT2D eigenvalue weighted by Gasteiger charge is -2.10. The molecular formula is C12H10F3N3O. The van der Waals surface area contributed by atoms with E-state index in [1.807, 2.05) is 0 Å². The number of pyridine rings is 1. The van der Waals surface area contributed by atoms with Gasteiger partial charge in [-0.15, -0.1) is 0 Å². The standard InChI is InChI=1S/C12H10F3N3O/c1-7-9(6-18(2)17-7)11(19)8-5-16-4-3-10(8)12(13,14)15/h3-6H,1-2H3. The topological polar surface area (TPSA) is 47.8 Å². The van der Waals surface area contributed by atoms with Crippen molar-refractivity contribution >= 4 is 5.78 Å². The van der Waals surface area contributed by atoms with Crippen molar-refractivity contribution < 1.29 is 18.0 Å². The second kappa shape index (κ2) is 4.49. The smallest absolute Gasteiger partial charge is 0.288 e. The van der Waals surface area contributed by atoms with Crippen LogP contribution in [0.3, 0.4) is 0 Å². The Morgan fingerprint density at radius 3 is 2.53 bits per heavy atom. The first-order chi connectivity index (χ1) is 8.80. The first-order valence-corrected chi connectivity index (χ1v) is 5.37. The summed E-state index contributed by atoms with van der Waals surface area (Å²) in [4.78, 5) is 15.7. The third-order valence-corrected chi connectivity index (χ3v) is 2.63. The number of hydrogen-bond acceptors (Lipinski definition) is 3. The number of hydrogen-bond donors (Lipinski definition) is 0. The summed E-state index contributed by atoms with van der Waals surface area (Å²) in [6.45, 7) is 1.57. The van der Waals surface area contributed by atoms with Crippen LogP contribution in [-0.4, -0.2) is 20.5 Å². The summed E-state index contributed by atoms with van der Waals surface area (Å²) in [6.07, 6.45) is -1.26. The number of carbonyl (C=O) groups is 1. The summed E-state index contributed by atoms with van der Waals surface area (Å²) in [7, 11) is 1.59. The largest absolute Gasteiger partial charge is 0.417 e. The van der Waals surface area contributed by atoms with E-state index in [9.17, 15) is 18.0 Å². The SMILES string of the molecule is Cc1nn(C)cc1C(=O)c1cnccc1C(F)(F)F. The monoisotopic (exact) mass is 269 g/mol. The van der Waals surface area contributed by atoms with Crippen molar-refractivity contribution in [2.75, 3.05) is 0 Å². The molecule has 0 aromatic carbocycles. The molecule has 0 radical (unpaired) electrons. The zero-order chi connectivity index (χ0) is 14.2. The van der Waals surface area contributed by atoms with Gasteiger partial charge in [0.15, 0.2) is 5.78 Å². The molecule has 2 heterocycles. The van der Waals surface area contributed by atoms with Gasteiger partial charge in [-0.05, 0) is 13.0 Å². The van der Waals surface area contributed by atoms with E-state index in [0.717, 1.165) is 18.5 Å². The summed E-state index contributed by atoms with van der Waals surface area (Å²) in [6, 6.07) is 0.791. The number of aryl methyl sites for hydroxylation is 2. The van der Waals surface area contributed by atoms with Gasteiger partial charge in [-0.1, -0.05) is 0 Å². The zero-order valence-electron chi connectivity index (χ0n) is 10.2. The Hall–Kier alpha value is -2.18. The lowest BCUT2D eigenvalue weighted by molar-refractivity contribution is -0.137. The Labute approximate surface area is 106 Å². The van der Waals surface area contributed by atoms with Gasteiger partial charge >= 0.3 is 6.18 Å². The number of rotatable bonds is 2. The average molecular weight is 269 g/mol. The average Bonchev–Trinajstić information content (AvgIpc) is 2.66. The van der Waals surface area contributed by atoms with Crippen LogP contribution in [0, 0.1) is 6.92 Å². The number of carbonyl (C=O) groups excluding carboxylic acids is 1. The van der Waals surface area contributed by atoms with Crippen molar-refractivity contribution in [3.8, 4) is 0 Å². The second-order valence-electron chi connectivity index (χ2n) is 4.05. The number of halogens is 3. The van der Waals surface area contributed by atoms with E-state index < -0.39 is 23.1 Å². The lowest BCUT2D eigenvalue weighted by Crippen LogP contribution is -2.14. The molecule has 4 nitrogen and oxygen atoms in total. The molecule has 2 rings (SSSR count). The van der Waals surface area contributed by atoms with Gasteiger partial charge in [-0.3, -0.25) is 14.5 Å². The molecule has 0 spiro atoms. The number of aromatic nitrogens is 3. The highest BCUT2D eigenvalue weighted by atomic mass is 19.4. The molecule has 0 N–H and O–H groups in total. The molecule has 0 saturated carbocycles. The molecule has 2 aromatic heterocycles. The van der Waals surface area contributed by atoms with Crippen molar-refractivity contribution in [2.24, 2.45) is 7.05 Å². The van der Waals surface area contributed by atoms with Crippen molar-refractivity contribution in [3.63, 3.8) is 0 Å². The Morgan fingerprint density at radius 1 is 1.32 bits per heavy atom. The van der Waals surface area contributed by atoms with Crippen LogP contribution >= 0.6 is 0 Å². The minimum absolute atomic E-state index is 0.140. The van der Waals surface area contributed by atoms with Crippen LogP contribution in [0.25, 0.3) is 0 Å². The van der Waals surface area contributed by atoms with Crippen molar-refractivity contribution in [1.82, 2.24) is 14.8 Å². The normalized spacial score (nSPS) is 11.6. The lowest BCUT2D eigenvalue weighted by atomic mass is 10.0.